The molecule has 11 heteroatoms. The molecule has 11 nitrogen and oxygen atoms in total. The number of Topliss-reactive ketones (excluding diaryl/α,β-unsaturated/α-hetero) is 1. The monoisotopic (exact) mass is 464 g/mol. The van der Waals surface area contributed by atoms with Crippen LogP contribution in [0.1, 0.15) is 6.42 Å². The van der Waals surface area contributed by atoms with Gasteiger partial charge in [-0.05, 0) is 0 Å². The van der Waals surface area contributed by atoms with E-state index in [9.17, 15) is 14.4 Å². The van der Waals surface area contributed by atoms with Crippen LogP contribution in [-0.2, 0) is 19.1 Å². The molecule has 1 aliphatic carbocycles. The second-order valence-corrected chi connectivity index (χ2v) is 9.11. The van der Waals surface area contributed by atoms with E-state index in [1.54, 1.807) is 0 Å². The average molecular weight is 465 g/mol. The Labute approximate surface area is 192 Å². The lowest BCUT2D eigenvalue weighted by molar-refractivity contribution is -0.151. The Morgan fingerprint density at radius 1 is 0.848 bits per heavy atom. The Kier molecular flexibility index (Phi) is 7.03. The highest BCUT2D eigenvalue weighted by Crippen LogP contribution is 2.33. The molecule has 4 fully saturated rings. The fourth-order valence-electron chi connectivity index (χ4n) is 3.41. The zero-order chi connectivity index (χ0) is 23.6. The minimum atomic E-state index is -1.13. The molecule has 4 saturated heterocycles. The van der Waals surface area contributed by atoms with Crippen LogP contribution in [0.4, 0.5) is 0 Å². The van der Waals surface area contributed by atoms with Crippen molar-refractivity contribution in [2.24, 2.45) is 5.41 Å². The minimum Gasteiger partial charge on any atom is -0.465 e. The molecule has 4 aliphatic heterocycles. The van der Waals surface area contributed by atoms with Crippen LogP contribution in [-0.4, -0.2) is 138 Å². The molecule has 0 radical (unpaired) electrons. The summed E-state index contributed by atoms with van der Waals surface area (Å²) in [6.07, 6.45) is 1.83. The van der Waals surface area contributed by atoms with Crippen LogP contribution in [0.5, 0.6) is 0 Å². The molecule has 0 aromatic rings. The van der Waals surface area contributed by atoms with Crippen LogP contribution < -0.4 is 0 Å². The summed E-state index contributed by atoms with van der Waals surface area (Å²) in [6, 6.07) is 0. The van der Waals surface area contributed by atoms with Crippen molar-refractivity contribution in [2.75, 3.05) is 85.3 Å². The van der Waals surface area contributed by atoms with Crippen LogP contribution in [0.3, 0.4) is 0 Å². The highest BCUT2D eigenvalue weighted by Gasteiger charge is 2.43. The SMILES string of the molecule is O=C(CCN1CC1)OCC(CO)(CO)CO.O=C1C=C(N2CC2)C(=O)C(N2CC2)=C1N1CC1. The van der Waals surface area contributed by atoms with E-state index >= 15 is 0 Å². The minimum absolute atomic E-state index is 0.00546. The molecule has 5 aliphatic rings. The maximum absolute atomic E-state index is 12.4. The van der Waals surface area contributed by atoms with Gasteiger partial charge in [0, 0.05) is 65.0 Å². The molecular formula is C22H32N4O7. The van der Waals surface area contributed by atoms with Crippen molar-refractivity contribution in [1.82, 2.24) is 19.6 Å². The van der Waals surface area contributed by atoms with E-state index < -0.39 is 25.2 Å². The van der Waals surface area contributed by atoms with Gasteiger partial charge in [0.15, 0.2) is 0 Å². The van der Waals surface area contributed by atoms with E-state index in [1.165, 1.54) is 6.08 Å². The summed E-state index contributed by atoms with van der Waals surface area (Å²) in [5.74, 6) is -0.320. The standard InChI is InChI=1S/C12H13N3O2.C10H19NO5/c16-9-7-8(13-1-2-13)12(17)11(15-5-6-15)10(9)14-3-4-14;12-5-10(6-13,7-14)8-16-9(15)1-2-11-3-4-11/h7H,1-6H2;12-14H,1-8H2. The third kappa shape index (κ3) is 5.91. The third-order valence-electron chi connectivity index (χ3n) is 6.21. The highest BCUT2D eigenvalue weighted by molar-refractivity contribution is 6.22. The molecule has 0 amide bonds. The Bertz CT molecular complexity index is 843. The van der Waals surface area contributed by atoms with E-state index in [-0.39, 0.29) is 24.1 Å². The van der Waals surface area contributed by atoms with Crippen LogP contribution in [0.25, 0.3) is 0 Å². The number of nitrogens with zero attached hydrogens (tertiary/aromatic N) is 4. The van der Waals surface area contributed by atoms with E-state index in [2.05, 4.69) is 4.90 Å². The summed E-state index contributed by atoms with van der Waals surface area (Å²) in [6.45, 7) is 6.74. The number of hydrogen-bond acceptors (Lipinski definition) is 11. The Morgan fingerprint density at radius 3 is 1.88 bits per heavy atom. The maximum Gasteiger partial charge on any atom is 0.307 e. The first-order chi connectivity index (χ1) is 15.9. The third-order valence-corrected chi connectivity index (χ3v) is 6.21. The lowest BCUT2D eigenvalue weighted by Gasteiger charge is -2.26. The molecule has 0 unspecified atom stereocenters. The Hall–Kier alpha value is -2.47. The van der Waals surface area contributed by atoms with Gasteiger partial charge in [-0.25, -0.2) is 0 Å². The number of hydrogen-bond donors (Lipinski definition) is 3. The predicted molar refractivity (Wildman–Crippen MR) is 116 cm³/mol. The van der Waals surface area contributed by atoms with E-state index in [0.29, 0.717) is 30.1 Å². The van der Waals surface area contributed by atoms with Crippen molar-refractivity contribution in [3.05, 3.63) is 23.2 Å². The molecule has 4 heterocycles. The lowest BCUT2D eigenvalue weighted by atomic mass is 9.93. The van der Waals surface area contributed by atoms with Gasteiger partial charge < -0.3 is 39.7 Å². The first-order valence-corrected chi connectivity index (χ1v) is 11.4. The lowest BCUT2D eigenvalue weighted by Crippen LogP contribution is -2.39. The van der Waals surface area contributed by atoms with E-state index in [1.807, 2.05) is 14.7 Å². The number of esters is 1. The number of aliphatic hydroxyl groups excluding tert-OH is 3. The van der Waals surface area contributed by atoms with Gasteiger partial charge in [0.05, 0.1) is 37.4 Å². The Morgan fingerprint density at radius 2 is 1.39 bits per heavy atom. The maximum atomic E-state index is 12.4. The van der Waals surface area contributed by atoms with Crippen molar-refractivity contribution in [3.8, 4) is 0 Å². The first-order valence-electron chi connectivity index (χ1n) is 11.4. The number of carbonyl (C=O) groups is 3. The van der Waals surface area contributed by atoms with Crippen molar-refractivity contribution in [2.45, 2.75) is 6.42 Å². The van der Waals surface area contributed by atoms with Crippen molar-refractivity contribution >= 4 is 17.5 Å². The number of ether oxygens (including phenoxy) is 1. The van der Waals surface area contributed by atoms with Crippen LogP contribution in [0, 0.1) is 5.41 Å². The van der Waals surface area contributed by atoms with Gasteiger partial charge in [-0.1, -0.05) is 0 Å². The zero-order valence-electron chi connectivity index (χ0n) is 18.7. The van der Waals surface area contributed by atoms with Gasteiger partial charge in [-0.2, -0.15) is 0 Å². The highest BCUT2D eigenvalue weighted by atomic mass is 16.5. The van der Waals surface area contributed by atoms with Gasteiger partial charge >= 0.3 is 5.97 Å². The molecule has 0 saturated carbocycles. The van der Waals surface area contributed by atoms with E-state index in [4.69, 9.17) is 20.1 Å². The first kappa shape index (κ1) is 23.7. The molecule has 33 heavy (non-hydrogen) atoms. The van der Waals surface area contributed by atoms with Gasteiger partial charge in [0.1, 0.15) is 18.0 Å². The van der Waals surface area contributed by atoms with Crippen molar-refractivity contribution in [1.29, 1.82) is 0 Å². The molecular weight excluding hydrogens is 432 g/mol. The fraction of sp³-hybridized carbons (Fsp3) is 0.682. The van der Waals surface area contributed by atoms with Gasteiger partial charge in [0.25, 0.3) is 0 Å². The van der Waals surface area contributed by atoms with Crippen LogP contribution in [0.2, 0.25) is 0 Å². The molecule has 3 N–H and O–H groups in total. The van der Waals surface area contributed by atoms with Gasteiger partial charge in [-0.3, -0.25) is 14.4 Å². The topological polar surface area (TPSA) is 133 Å². The number of ketones is 2. The summed E-state index contributed by atoms with van der Waals surface area (Å²) in [4.78, 5) is 43.8. The summed E-state index contributed by atoms with van der Waals surface area (Å²) >= 11 is 0. The molecule has 0 aromatic carbocycles. The van der Waals surface area contributed by atoms with Gasteiger partial charge in [0.2, 0.25) is 11.6 Å². The zero-order valence-corrected chi connectivity index (χ0v) is 18.7. The van der Waals surface area contributed by atoms with Crippen LogP contribution in [0.15, 0.2) is 23.2 Å². The quantitative estimate of drug-likeness (QED) is 0.169. The van der Waals surface area contributed by atoms with E-state index in [0.717, 1.165) is 52.4 Å². The summed E-state index contributed by atoms with van der Waals surface area (Å²) < 4.78 is 4.91. The number of aliphatic hydroxyl groups is 3. The second-order valence-electron chi connectivity index (χ2n) is 9.11. The second kappa shape index (κ2) is 9.80. The molecule has 5 rings (SSSR count). The number of rotatable bonds is 11. The summed E-state index contributed by atoms with van der Waals surface area (Å²) in [5, 5.41) is 27.0. The molecule has 0 spiro atoms. The summed E-state index contributed by atoms with van der Waals surface area (Å²) in [5.41, 5.74) is 0.757. The van der Waals surface area contributed by atoms with Crippen LogP contribution >= 0.6 is 0 Å². The molecule has 0 bridgehead atoms. The van der Waals surface area contributed by atoms with Crippen molar-refractivity contribution < 1.29 is 34.4 Å². The molecule has 0 atom stereocenters. The molecule has 182 valence electrons. The predicted octanol–water partition coefficient (Wildman–Crippen LogP) is -2.62. The average Bonchev–Trinajstić information content (AvgIpc) is 3.68. The normalized spacial score (nSPS) is 21.5. The fourth-order valence-corrected chi connectivity index (χ4v) is 3.41. The van der Waals surface area contributed by atoms with Gasteiger partial charge in [-0.15, -0.1) is 0 Å². The largest absolute Gasteiger partial charge is 0.465 e. The Balaban J connectivity index is 0.000000158. The number of allylic oxidation sites excluding steroid dienone is 1. The smallest absolute Gasteiger partial charge is 0.307 e. The molecule has 0 aromatic heterocycles. The number of carbonyl (C=O) groups excluding carboxylic acids is 3. The summed E-state index contributed by atoms with van der Waals surface area (Å²) in [7, 11) is 0. The van der Waals surface area contributed by atoms with Crippen molar-refractivity contribution in [3.63, 3.8) is 0 Å².